The maximum atomic E-state index is 5.22. The summed E-state index contributed by atoms with van der Waals surface area (Å²) in [7, 11) is 0. The second-order valence-corrected chi connectivity index (χ2v) is 14.4. The molecule has 10 rings (SSSR count). The Morgan fingerprint density at radius 1 is 0.574 bits per heavy atom. The normalized spacial score (nSPS) is 21.6. The van der Waals surface area contributed by atoms with Gasteiger partial charge in [-0.25, -0.2) is 9.98 Å². The Kier molecular flexibility index (Phi) is 8.17. The molecular formula is C49H39N5. The third-order valence-electron chi connectivity index (χ3n) is 11.1. The van der Waals surface area contributed by atoms with Crippen LogP contribution >= 0.6 is 0 Å². The average Bonchev–Trinajstić information content (AvgIpc) is 3.26. The molecule has 5 aliphatic rings. The number of amidine groups is 2. The van der Waals surface area contributed by atoms with Crippen LogP contribution in [0.5, 0.6) is 0 Å². The van der Waals surface area contributed by atoms with Crippen LogP contribution in [0.2, 0.25) is 0 Å². The van der Waals surface area contributed by atoms with Gasteiger partial charge in [0.1, 0.15) is 11.7 Å². The lowest BCUT2D eigenvalue weighted by molar-refractivity contribution is 0.518. The summed E-state index contributed by atoms with van der Waals surface area (Å²) in [6.45, 7) is 0. The fourth-order valence-electron chi connectivity index (χ4n) is 8.33. The van der Waals surface area contributed by atoms with Crippen molar-refractivity contribution in [2.45, 2.75) is 25.0 Å². The Morgan fingerprint density at radius 3 is 1.87 bits per heavy atom. The van der Waals surface area contributed by atoms with Crippen LogP contribution < -0.4 is 10.6 Å². The molecular weight excluding hydrogens is 659 g/mol. The van der Waals surface area contributed by atoms with E-state index in [9.17, 15) is 0 Å². The lowest BCUT2D eigenvalue weighted by atomic mass is 9.72. The summed E-state index contributed by atoms with van der Waals surface area (Å²) in [5.74, 6) is 2.06. The van der Waals surface area contributed by atoms with E-state index in [1.54, 1.807) is 0 Å². The van der Waals surface area contributed by atoms with Crippen LogP contribution in [-0.2, 0) is 0 Å². The van der Waals surface area contributed by atoms with E-state index in [-0.39, 0.29) is 24.0 Å². The highest BCUT2D eigenvalue weighted by molar-refractivity contribution is 6.16. The van der Waals surface area contributed by atoms with Crippen molar-refractivity contribution >= 4 is 39.9 Å². The molecule has 5 nitrogen and oxygen atoms in total. The zero-order valence-electron chi connectivity index (χ0n) is 29.8. The molecule has 5 aromatic carbocycles. The molecule has 2 N–H and O–H groups in total. The highest BCUT2D eigenvalue weighted by Crippen LogP contribution is 2.49. The van der Waals surface area contributed by atoms with Crippen molar-refractivity contribution in [3.63, 3.8) is 0 Å². The molecule has 3 unspecified atom stereocenters. The van der Waals surface area contributed by atoms with Gasteiger partial charge in [0.25, 0.3) is 0 Å². The van der Waals surface area contributed by atoms with Gasteiger partial charge in [0.05, 0.1) is 11.7 Å². The number of fused-ring (bicyclic) bond motifs is 4. The molecule has 5 aromatic rings. The Balaban J connectivity index is 0.965. The monoisotopic (exact) mass is 697 g/mol. The highest BCUT2D eigenvalue weighted by atomic mass is 15.2. The first-order chi connectivity index (χ1) is 26.7. The van der Waals surface area contributed by atoms with Crippen molar-refractivity contribution in [3.8, 4) is 0 Å². The zero-order valence-corrected chi connectivity index (χ0v) is 29.8. The first-order valence-electron chi connectivity index (χ1n) is 18.9. The van der Waals surface area contributed by atoms with Crippen LogP contribution in [0, 0.1) is 11.8 Å². The first kappa shape index (κ1) is 32.1. The van der Waals surface area contributed by atoms with Crippen molar-refractivity contribution in [1.82, 2.24) is 5.32 Å². The van der Waals surface area contributed by atoms with Gasteiger partial charge in [-0.1, -0.05) is 158 Å². The van der Waals surface area contributed by atoms with E-state index in [1.165, 1.54) is 33.4 Å². The fraction of sp³-hybridized carbons (Fsp3) is 0.122. The quantitative estimate of drug-likeness (QED) is 0.186. The molecule has 0 fully saturated rings. The maximum Gasteiger partial charge on any atom is 0.150 e. The van der Waals surface area contributed by atoms with Crippen LogP contribution in [0.4, 0.5) is 5.69 Å². The standard InChI is InChI=1S/C49H39N5/c1-5-13-33(14-6-1)42-29-27-40-43(50-42)30-26-39-41-31-38(25-28-44(41)51-46(45(39)40)34-15-7-2-8-16-34)32-21-23-37(24-22-32)49-53-47(35-17-9-3-10-18-35)52-48(54-49)36-19-11-4-12-20-36/h1-23,25-26,28-31,37,40,46,49,51H,24,27H2,(H,52,53,54). The Bertz CT molecular complexity index is 2430. The van der Waals surface area contributed by atoms with Gasteiger partial charge >= 0.3 is 0 Å². The van der Waals surface area contributed by atoms with Crippen molar-refractivity contribution in [2.75, 3.05) is 5.32 Å². The van der Waals surface area contributed by atoms with E-state index in [1.807, 2.05) is 12.1 Å². The smallest absolute Gasteiger partial charge is 0.150 e. The minimum Gasteiger partial charge on any atom is -0.374 e. The SMILES string of the molecule is C1=CC(C2N=C(c3ccccc3)NC(c3ccccc3)=N2)CC=C1c1ccc2c(c1)C1=C(C3CC=C(c4ccccc4)N=C3C=C1)C(c1ccccc1)N2. The van der Waals surface area contributed by atoms with Gasteiger partial charge in [0.2, 0.25) is 0 Å². The predicted molar refractivity (Wildman–Crippen MR) is 223 cm³/mol. The number of allylic oxidation sites excluding steroid dienone is 7. The summed E-state index contributed by atoms with van der Waals surface area (Å²) >= 11 is 0. The number of nitrogens with one attached hydrogen (secondary N) is 2. The van der Waals surface area contributed by atoms with Crippen molar-refractivity contribution in [2.24, 2.45) is 26.8 Å². The molecule has 3 atom stereocenters. The lowest BCUT2D eigenvalue weighted by Gasteiger charge is -2.39. The number of aliphatic imine (C=N–C) groups is 3. The second-order valence-electron chi connectivity index (χ2n) is 14.4. The van der Waals surface area contributed by atoms with Crippen LogP contribution in [0.25, 0.3) is 16.8 Å². The van der Waals surface area contributed by atoms with Gasteiger partial charge in [0.15, 0.2) is 6.17 Å². The Morgan fingerprint density at radius 2 is 1.22 bits per heavy atom. The van der Waals surface area contributed by atoms with Gasteiger partial charge in [-0.05, 0) is 64.5 Å². The molecule has 0 spiro atoms. The largest absolute Gasteiger partial charge is 0.374 e. The summed E-state index contributed by atoms with van der Waals surface area (Å²) in [5.41, 5.74) is 14.3. The summed E-state index contributed by atoms with van der Waals surface area (Å²) in [6, 6.07) is 49.0. The van der Waals surface area contributed by atoms with E-state index in [0.29, 0.717) is 0 Å². The third-order valence-corrected chi connectivity index (χ3v) is 11.1. The molecule has 260 valence electrons. The molecule has 3 aliphatic heterocycles. The summed E-state index contributed by atoms with van der Waals surface area (Å²) < 4.78 is 0. The molecule has 0 amide bonds. The molecule has 54 heavy (non-hydrogen) atoms. The number of hydrogen-bond donors (Lipinski definition) is 2. The minimum absolute atomic E-state index is 0.0635. The topological polar surface area (TPSA) is 61.1 Å². The van der Waals surface area contributed by atoms with Crippen molar-refractivity contribution in [3.05, 3.63) is 215 Å². The molecule has 0 saturated carbocycles. The minimum atomic E-state index is -0.226. The Labute approximate surface area is 316 Å². The average molecular weight is 698 g/mol. The number of anilines is 1. The molecule has 0 aromatic heterocycles. The van der Waals surface area contributed by atoms with E-state index in [0.717, 1.165) is 58.3 Å². The van der Waals surface area contributed by atoms with Crippen LogP contribution in [-0.4, -0.2) is 23.5 Å². The van der Waals surface area contributed by atoms with E-state index < -0.39 is 0 Å². The molecule has 2 aliphatic carbocycles. The second kappa shape index (κ2) is 13.8. The van der Waals surface area contributed by atoms with Gasteiger partial charge in [-0.2, -0.15) is 0 Å². The van der Waals surface area contributed by atoms with Gasteiger partial charge in [-0.3, -0.25) is 4.99 Å². The first-order valence-corrected chi connectivity index (χ1v) is 18.9. The number of benzene rings is 5. The van der Waals surface area contributed by atoms with E-state index in [4.69, 9.17) is 15.0 Å². The van der Waals surface area contributed by atoms with Crippen LogP contribution in [0.3, 0.4) is 0 Å². The van der Waals surface area contributed by atoms with E-state index >= 15 is 0 Å². The van der Waals surface area contributed by atoms with Crippen molar-refractivity contribution in [1.29, 1.82) is 0 Å². The number of nitrogens with zero attached hydrogens (tertiary/aromatic N) is 3. The highest BCUT2D eigenvalue weighted by Gasteiger charge is 2.37. The molecule has 0 radical (unpaired) electrons. The summed E-state index contributed by atoms with van der Waals surface area (Å²) in [5, 5.41) is 7.48. The summed E-state index contributed by atoms with van der Waals surface area (Å²) in [4.78, 5) is 15.5. The third kappa shape index (κ3) is 5.98. The lowest BCUT2D eigenvalue weighted by Crippen LogP contribution is -2.39. The summed E-state index contributed by atoms with van der Waals surface area (Å²) in [6.07, 6.45) is 15.4. The maximum absolute atomic E-state index is 5.22. The molecule has 5 heteroatoms. The molecule has 3 heterocycles. The molecule has 0 saturated heterocycles. The molecule has 0 bridgehead atoms. The Hall–Kier alpha value is -6.59. The number of rotatable bonds is 6. The van der Waals surface area contributed by atoms with Crippen molar-refractivity contribution < 1.29 is 0 Å². The van der Waals surface area contributed by atoms with Gasteiger partial charge < -0.3 is 10.6 Å². The fourth-order valence-corrected chi connectivity index (χ4v) is 8.33. The zero-order chi connectivity index (χ0) is 35.8. The van der Waals surface area contributed by atoms with Gasteiger partial charge in [0, 0.05) is 39.9 Å². The van der Waals surface area contributed by atoms with Gasteiger partial charge in [-0.15, -0.1) is 0 Å². The number of hydrogen-bond acceptors (Lipinski definition) is 5. The predicted octanol–water partition coefficient (Wildman–Crippen LogP) is 10.5. The van der Waals surface area contributed by atoms with E-state index in [2.05, 4.69) is 174 Å². The van der Waals surface area contributed by atoms with Crippen LogP contribution in [0.1, 0.15) is 52.3 Å². The van der Waals surface area contributed by atoms with Crippen LogP contribution in [0.15, 0.2) is 197 Å².